The van der Waals surface area contributed by atoms with Crippen LogP contribution >= 0.6 is 11.3 Å². The van der Waals surface area contributed by atoms with E-state index in [1.54, 1.807) is 16.2 Å². The Labute approximate surface area is 170 Å². The van der Waals surface area contributed by atoms with Crippen LogP contribution in [0.5, 0.6) is 0 Å². The molecule has 3 heterocycles. The fourth-order valence-electron chi connectivity index (χ4n) is 4.00. The van der Waals surface area contributed by atoms with E-state index in [9.17, 15) is 14.4 Å². The lowest BCUT2D eigenvalue weighted by Gasteiger charge is -2.29. The summed E-state index contributed by atoms with van der Waals surface area (Å²) in [7, 11) is 0. The number of thiophene rings is 1. The maximum atomic E-state index is 13.1. The molecule has 0 saturated carbocycles. The number of carbonyl (C=O) groups is 3. The van der Waals surface area contributed by atoms with Gasteiger partial charge < -0.3 is 15.1 Å². The van der Waals surface area contributed by atoms with Crippen molar-refractivity contribution in [1.82, 2.24) is 20.0 Å². The van der Waals surface area contributed by atoms with E-state index in [-0.39, 0.29) is 23.8 Å². The number of likely N-dealkylation sites (N-methyl/N-ethyl adjacent to an activating group) is 1. The van der Waals surface area contributed by atoms with Gasteiger partial charge in [-0.05, 0) is 37.6 Å². The van der Waals surface area contributed by atoms with Gasteiger partial charge in [0.05, 0.1) is 13.0 Å². The van der Waals surface area contributed by atoms with Crippen LogP contribution in [0.2, 0.25) is 0 Å². The molecule has 1 unspecified atom stereocenters. The van der Waals surface area contributed by atoms with E-state index in [1.807, 2.05) is 29.3 Å². The minimum atomic E-state index is -0.331. The summed E-state index contributed by atoms with van der Waals surface area (Å²) in [4.78, 5) is 44.5. The molecule has 1 N–H and O–H groups in total. The van der Waals surface area contributed by atoms with Crippen LogP contribution in [-0.2, 0) is 20.8 Å². The van der Waals surface area contributed by atoms with Gasteiger partial charge in [0.25, 0.3) is 0 Å². The monoisotopic (exact) mass is 406 g/mol. The first-order chi connectivity index (χ1) is 13.6. The smallest absolute Gasteiger partial charge is 0.245 e. The Hall–Kier alpha value is -1.93. The summed E-state index contributed by atoms with van der Waals surface area (Å²) in [6.45, 7) is 6.39. The van der Waals surface area contributed by atoms with Crippen molar-refractivity contribution >= 4 is 29.1 Å². The molecule has 0 spiro atoms. The molecular formula is C20H30N4O3S. The maximum absolute atomic E-state index is 13.1. The Morgan fingerprint density at radius 1 is 1.14 bits per heavy atom. The van der Waals surface area contributed by atoms with Crippen LogP contribution in [0.4, 0.5) is 0 Å². The Morgan fingerprint density at radius 2 is 2.00 bits per heavy atom. The van der Waals surface area contributed by atoms with Crippen LogP contribution in [0, 0.1) is 0 Å². The zero-order chi connectivity index (χ0) is 19.9. The van der Waals surface area contributed by atoms with E-state index in [2.05, 4.69) is 10.2 Å². The van der Waals surface area contributed by atoms with Gasteiger partial charge in [0.15, 0.2) is 0 Å². The van der Waals surface area contributed by atoms with Gasteiger partial charge in [0, 0.05) is 44.1 Å². The van der Waals surface area contributed by atoms with Crippen molar-refractivity contribution in [1.29, 1.82) is 0 Å². The highest BCUT2D eigenvalue weighted by Gasteiger charge is 2.36. The molecule has 28 heavy (non-hydrogen) atoms. The largest absolute Gasteiger partial charge is 0.355 e. The molecule has 2 aliphatic rings. The first kappa shape index (κ1) is 20.8. The van der Waals surface area contributed by atoms with Gasteiger partial charge in [0.1, 0.15) is 6.04 Å². The summed E-state index contributed by atoms with van der Waals surface area (Å²) in [5, 5.41) is 4.79. The van der Waals surface area contributed by atoms with Crippen LogP contribution in [-0.4, -0.2) is 84.3 Å². The van der Waals surface area contributed by atoms with E-state index < -0.39 is 0 Å². The lowest BCUT2D eigenvalue weighted by atomic mass is 10.1. The molecule has 0 aromatic carbocycles. The second-order valence-corrected chi connectivity index (χ2v) is 8.44. The number of hydrogen-bond acceptors (Lipinski definition) is 5. The van der Waals surface area contributed by atoms with E-state index in [4.69, 9.17) is 0 Å². The lowest BCUT2D eigenvalue weighted by molar-refractivity contribution is -0.143. The molecule has 3 amide bonds. The molecule has 154 valence electrons. The maximum Gasteiger partial charge on any atom is 0.245 e. The molecule has 1 aromatic heterocycles. The third kappa shape index (κ3) is 5.32. The van der Waals surface area contributed by atoms with E-state index >= 15 is 0 Å². The third-order valence-corrected chi connectivity index (χ3v) is 6.28. The molecule has 1 atom stereocenters. The summed E-state index contributed by atoms with van der Waals surface area (Å²) in [6.07, 6.45) is 2.85. The predicted octanol–water partition coefficient (Wildman–Crippen LogP) is 0.952. The van der Waals surface area contributed by atoms with Crippen LogP contribution in [0.1, 0.15) is 31.1 Å². The molecule has 0 radical (unpaired) electrons. The van der Waals surface area contributed by atoms with Crippen LogP contribution in [0.3, 0.4) is 0 Å². The van der Waals surface area contributed by atoms with Crippen LogP contribution in [0.25, 0.3) is 0 Å². The van der Waals surface area contributed by atoms with Crippen LogP contribution in [0.15, 0.2) is 17.5 Å². The summed E-state index contributed by atoms with van der Waals surface area (Å²) in [5.41, 5.74) is 0. The van der Waals surface area contributed by atoms with Crippen molar-refractivity contribution < 1.29 is 14.4 Å². The lowest BCUT2D eigenvalue weighted by Crippen LogP contribution is -2.49. The van der Waals surface area contributed by atoms with Crippen molar-refractivity contribution in [3.8, 4) is 0 Å². The Morgan fingerprint density at radius 3 is 2.75 bits per heavy atom. The van der Waals surface area contributed by atoms with E-state index in [0.29, 0.717) is 45.7 Å². The molecule has 0 bridgehead atoms. The number of likely N-dealkylation sites (tertiary alicyclic amines) is 1. The fourth-order valence-corrected chi connectivity index (χ4v) is 4.70. The molecule has 7 nitrogen and oxygen atoms in total. The number of carbonyl (C=O) groups excluding carboxylic acids is 3. The molecule has 0 aliphatic carbocycles. The van der Waals surface area contributed by atoms with Gasteiger partial charge in [-0.25, -0.2) is 0 Å². The van der Waals surface area contributed by atoms with Crippen molar-refractivity contribution in [2.75, 3.05) is 45.8 Å². The molecule has 2 fully saturated rings. The molecule has 2 aliphatic heterocycles. The summed E-state index contributed by atoms with van der Waals surface area (Å²) < 4.78 is 0. The predicted molar refractivity (Wildman–Crippen MR) is 109 cm³/mol. The molecule has 2 saturated heterocycles. The second kappa shape index (κ2) is 10.0. The Balaban J connectivity index is 1.55. The van der Waals surface area contributed by atoms with E-state index in [0.717, 1.165) is 30.7 Å². The number of nitrogens with zero attached hydrogens (tertiary/aromatic N) is 3. The van der Waals surface area contributed by atoms with Gasteiger partial charge >= 0.3 is 0 Å². The van der Waals surface area contributed by atoms with Gasteiger partial charge in [-0.1, -0.05) is 6.07 Å². The Bertz CT molecular complexity index is 679. The van der Waals surface area contributed by atoms with Gasteiger partial charge in [-0.15, -0.1) is 11.3 Å². The van der Waals surface area contributed by atoms with Gasteiger partial charge in [0.2, 0.25) is 17.7 Å². The summed E-state index contributed by atoms with van der Waals surface area (Å²) in [5.74, 6) is 0.145. The number of nitrogens with one attached hydrogen (secondary N) is 1. The Kier molecular flexibility index (Phi) is 7.44. The van der Waals surface area contributed by atoms with Crippen molar-refractivity contribution in [3.63, 3.8) is 0 Å². The number of rotatable bonds is 6. The minimum absolute atomic E-state index is 0.0309. The molecule has 3 rings (SSSR count). The van der Waals surface area contributed by atoms with Crippen molar-refractivity contribution in [3.05, 3.63) is 22.4 Å². The third-order valence-electron chi connectivity index (χ3n) is 5.41. The first-order valence-corrected chi connectivity index (χ1v) is 11.1. The SMILES string of the molecule is CCNC(=O)CN1CCCN(C(=O)C2CCCN2C(=O)Cc2cccs2)CC1. The highest BCUT2D eigenvalue weighted by Crippen LogP contribution is 2.22. The standard InChI is InChI=1S/C20H30N4O3S/c1-2-21-18(25)15-22-8-5-9-23(12-11-22)20(27)17-7-3-10-24(17)19(26)14-16-6-4-13-28-16/h4,6,13,17H,2-3,5,7-12,14-15H2,1H3,(H,21,25). The zero-order valence-electron chi connectivity index (χ0n) is 16.6. The first-order valence-electron chi connectivity index (χ1n) is 10.2. The fraction of sp³-hybridized carbons (Fsp3) is 0.650. The summed E-state index contributed by atoms with van der Waals surface area (Å²) in [6, 6.07) is 3.58. The minimum Gasteiger partial charge on any atom is -0.355 e. The zero-order valence-corrected chi connectivity index (χ0v) is 17.4. The number of hydrogen-bond donors (Lipinski definition) is 1. The van der Waals surface area contributed by atoms with Gasteiger partial charge in [-0.2, -0.15) is 0 Å². The quantitative estimate of drug-likeness (QED) is 0.764. The highest BCUT2D eigenvalue weighted by molar-refractivity contribution is 7.10. The normalized spacial score (nSPS) is 20.8. The van der Waals surface area contributed by atoms with E-state index in [1.165, 1.54) is 0 Å². The highest BCUT2D eigenvalue weighted by atomic mass is 32.1. The second-order valence-electron chi connectivity index (χ2n) is 7.41. The number of amides is 3. The average Bonchev–Trinajstić information content (AvgIpc) is 3.30. The van der Waals surface area contributed by atoms with Crippen molar-refractivity contribution in [2.24, 2.45) is 0 Å². The topological polar surface area (TPSA) is 73.0 Å². The molecule has 8 heteroatoms. The van der Waals surface area contributed by atoms with Crippen molar-refractivity contribution in [2.45, 2.75) is 38.6 Å². The van der Waals surface area contributed by atoms with Crippen LogP contribution < -0.4 is 5.32 Å². The molecule has 1 aromatic rings. The average molecular weight is 407 g/mol. The molecular weight excluding hydrogens is 376 g/mol. The van der Waals surface area contributed by atoms with Gasteiger partial charge in [-0.3, -0.25) is 19.3 Å². The summed E-state index contributed by atoms with van der Waals surface area (Å²) >= 11 is 1.58.